The van der Waals surface area contributed by atoms with Crippen LogP contribution in [0, 0.1) is 0 Å². The van der Waals surface area contributed by atoms with Gasteiger partial charge in [0.1, 0.15) is 0 Å². The number of hydrogen-bond donors (Lipinski definition) is 0. The van der Waals surface area contributed by atoms with Crippen LogP contribution in [0.1, 0.15) is 0 Å². The first kappa shape index (κ1) is 30.6. The van der Waals surface area contributed by atoms with E-state index in [0.717, 1.165) is 0 Å². The van der Waals surface area contributed by atoms with E-state index < -0.39 is 63.1 Å². The number of rotatable bonds is 8. The van der Waals surface area contributed by atoms with Gasteiger partial charge in [0.25, 0.3) is 0 Å². The molecule has 0 rings (SSSR count). The summed E-state index contributed by atoms with van der Waals surface area (Å²) >= 11 is 0. The van der Waals surface area contributed by atoms with Crippen LogP contribution in [0.3, 0.4) is 0 Å². The van der Waals surface area contributed by atoms with Crippen molar-refractivity contribution in [3.05, 3.63) is 0 Å². The van der Waals surface area contributed by atoms with Crippen molar-refractivity contribution < 1.29 is 95.7 Å². The lowest BCUT2D eigenvalue weighted by Gasteiger charge is -2.43. The fourth-order valence-electron chi connectivity index (χ4n) is 1.50. The number of halogens is 20. The van der Waals surface area contributed by atoms with Crippen molar-refractivity contribution in [2.75, 3.05) is 0 Å². The molecule has 0 fully saturated rings. The summed E-state index contributed by atoms with van der Waals surface area (Å²) < 4.78 is 273. The SMILES string of the molecule is O=S(=O)([18F])C(F)(F)C(F)(F)C(F)(F)C(F)(F)C(F)(F)C(F)(F)C(F)(F)C(F)(F)C(F)(F)F. The average Bonchev–Trinajstić information content (AvgIpc) is 2.51. The van der Waals surface area contributed by atoms with Crippen molar-refractivity contribution in [1.29, 1.82) is 0 Å². The van der Waals surface area contributed by atoms with E-state index in [1.54, 1.807) is 0 Å². The van der Waals surface area contributed by atoms with Crippen LogP contribution in [0.4, 0.5) is 87.3 Å². The van der Waals surface area contributed by atoms with Gasteiger partial charge >= 0.3 is 63.1 Å². The molecule has 0 aromatic heterocycles. The molecule has 194 valence electrons. The highest BCUT2D eigenvalue weighted by Crippen LogP contribution is 2.65. The van der Waals surface area contributed by atoms with Gasteiger partial charge in [-0.3, -0.25) is 0 Å². The first-order valence-electron chi connectivity index (χ1n) is 6.28. The highest BCUT2D eigenvalue weighted by Gasteiger charge is 2.97. The van der Waals surface area contributed by atoms with E-state index in [4.69, 9.17) is 0 Å². The Morgan fingerprint density at radius 3 is 0.719 bits per heavy atom. The van der Waals surface area contributed by atoms with E-state index >= 15 is 0 Å². The molecule has 23 heteroatoms. The molecule has 0 saturated carbocycles. The van der Waals surface area contributed by atoms with Crippen molar-refractivity contribution in [3.63, 3.8) is 0 Å². The van der Waals surface area contributed by atoms with E-state index in [9.17, 15) is 95.7 Å². The van der Waals surface area contributed by atoms with E-state index in [-0.39, 0.29) is 0 Å². The first-order valence-corrected chi connectivity index (χ1v) is 7.67. The average molecular weight is 551 g/mol. The van der Waals surface area contributed by atoms with Gasteiger partial charge < -0.3 is 0 Å². The van der Waals surface area contributed by atoms with E-state index in [1.165, 1.54) is 0 Å². The minimum atomic E-state index is -9.19. The molecule has 0 unspecified atom stereocenters. The molecule has 0 aliphatic carbocycles. The third-order valence-electron chi connectivity index (χ3n) is 3.39. The van der Waals surface area contributed by atoms with E-state index in [1.807, 2.05) is 0 Å². The minimum absolute atomic E-state index is 8.01. The third kappa shape index (κ3) is 3.42. The van der Waals surface area contributed by atoms with E-state index in [0.29, 0.717) is 0 Å². The lowest BCUT2D eigenvalue weighted by atomic mass is 9.89. The molecule has 2 nitrogen and oxygen atoms in total. The van der Waals surface area contributed by atoms with E-state index in [2.05, 4.69) is 0 Å². The fraction of sp³-hybridized carbons (Fsp3) is 1.00. The van der Waals surface area contributed by atoms with Gasteiger partial charge in [-0.2, -0.15) is 91.8 Å². The molecule has 0 heterocycles. The van der Waals surface area contributed by atoms with Crippen molar-refractivity contribution >= 4 is 10.2 Å². The lowest BCUT2D eigenvalue weighted by molar-refractivity contribution is -0.466. The maximum Gasteiger partial charge on any atom is 0.460 e. The Morgan fingerprint density at radius 2 is 0.531 bits per heavy atom. The van der Waals surface area contributed by atoms with Gasteiger partial charge in [-0.1, -0.05) is 3.89 Å². The molecule has 0 aliphatic heterocycles. The van der Waals surface area contributed by atoms with Crippen molar-refractivity contribution in [2.45, 2.75) is 52.9 Å². The molecular formula is C9F20O2S. The van der Waals surface area contributed by atoms with Crippen molar-refractivity contribution in [3.8, 4) is 0 Å². The Balaban J connectivity index is 7.06. The molecule has 0 aromatic carbocycles. The summed E-state index contributed by atoms with van der Waals surface area (Å²) in [6, 6.07) is 0. The Morgan fingerprint density at radius 1 is 0.344 bits per heavy atom. The van der Waals surface area contributed by atoms with Gasteiger partial charge in [0.05, 0.1) is 0 Å². The quantitative estimate of drug-likeness (QED) is 0.279. The molecule has 0 radical (unpaired) electrons. The summed E-state index contributed by atoms with van der Waals surface area (Å²) in [5.74, 6) is -62.5. The van der Waals surface area contributed by atoms with Crippen molar-refractivity contribution in [2.24, 2.45) is 0 Å². The predicted octanol–water partition coefficient (Wildman–Crippen LogP) is 5.89. The zero-order chi connectivity index (χ0) is 27.0. The largest absolute Gasteiger partial charge is 0.460 e. The van der Waals surface area contributed by atoms with Gasteiger partial charge in [0.2, 0.25) is 0 Å². The maximum atomic E-state index is 13.1. The van der Waals surface area contributed by atoms with Crippen LogP contribution in [-0.4, -0.2) is 61.3 Å². The normalized spacial score (nSPS) is 17.0. The Kier molecular flexibility index (Phi) is 6.71. The second kappa shape index (κ2) is 7.03. The second-order valence-corrected chi connectivity index (χ2v) is 6.86. The summed E-state index contributed by atoms with van der Waals surface area (Å²) in [6.07, 6.45) is -8.01. The predicted molar refractivity (Wildman–Crippen MR) is 55.7 cm³/mol. The highest BCUT2D eigenvalue weighted by molar-refractivity contribution is 7.87. The molecule has 0 aliphatic rings. The molecule has 0 saturated heterocycles. The standard InChI is InChI=1S/C9F20O2S/c10-1(11,2(12,13)4(16,17)6(20,21)8(24,25)26)3(14,15)5(18,19)7(22,23)9(27,28)32(29,30)31/i29-1. The molecule has 0 atom stereocenters. The van der Waals surface area contributed by atoms with Crippen LogP contribution < -0.4 is 0 Å². The van der Waals surface area contributed by atoms with Crippen LogP contribution in [0.5, 0.6) is 0 Å². The molecule has 0 N–H and O–H groups in total. The number of alkyl halides is 19. The Bertz CT molecular complexity index is 818. The van der Waals surface area contributed by atoms with Crippen LogP contribution in [0.25, 0.3) is 0 Å². The Hall–Kier alpha value is -1.45. The molecule has 0 spiro atoms. The molecule has 0 amide bonds. The zero-order valence-electron chi connectivity index (χ0n) is 13.3. The maximum absolute atomic E-state index is 13.1. The van der Waals surface area contributed by atoms with Crippen LogP contribution in [0.2, 0.25) is 0 Å². The minimum Gasteiger partial charge on any atom is -0.192 e. The van der Waals surface area contributed by atoms with Crippen LogP contribution in [0.15, 0.2) is 0 Å². The molecule has 0 bridgehead atoms. The van der Waals surface area contributed by atoms with Gasteiger partial charge in [0.15, 0.2) is 0 Å². The monoisotopic (exact) mass is 551 g/mol. The summed E-state index contributed by atoms with van der Waals surface area (Å²) in [6.45, 7) is 0. The first-order chi connectivity index (χ1) is 13.2. The van der Waals surface area contributed by atoms with Crippen molar-refractivity contribution in [1.82, 2.24) is 0 Å². The molecule has 32 heavy (non-hydrogen) atoms. The zero-order valence-corrected chi connectivity index (χ0v) is 14.1. The van der Waals surface area contributed by atoms with Crippen LogP contribution >= 0.6 is 0 Å². The summed E-state index contributed by atoms with van der Waals surface area (Å²) in [5.41, 5.74) is 0. The highest BCUT2D eigenvalue weighted by atomic mass is 32.2. The Labute approximate surface area is 160 Å². The van der Waals surface area contributed by atoms with Gasteiger partial charge in [-0.25, -0.2) is 0 Å². The fourth-order valence-corrected chi connectivity index (χ4v) is 1.93. The van der Waals surface area contributed by atoms with Gasteiger partial charge in [-0.05, 0) is 0 Å². The topological polar surface area (TPSA) is 34.1 Å². The summed E-state index contributed by atoms with van der Waals surface area (Å²) in [4.78, 5) is 0. The molecular weight excluding hydrogens is 551 g/mol. The summed E-state index contributed by atoms with van der Waals surface area (Å²) in [7, 11) is -8.50. The van der Waals surface area contributed by atoms with Crippen LogP contribution in [-0.2, 0) is 10.2 Å². The second-order valence-electron chi connectivity index (χ2n) is 5.47. The number of hydrogen-bond acceptors (Lipinski definition) is 2. The third-order valence-corrected chi connectivity index (χ3v) is 4.26. The summed E-state index contributed by atoms with van der Waals surface area (Å²) in [5, 5.41) is -8.18. The smallest absolute Gasteiger partial charge is 0.192 e. The van der Waals surface area contributed by atoms with Gasteiger partial charge in [-0.15, -0.1) is 0 Å². The lowest BCUT2D eigenvalue weighted by Crippen LogP contribution is -2.76. The van der Waals surface area contributed by atoms with Gasteiger partial charge in [0, 0.05) is 0 Å². The molecule has 0 aromatic rings.